The molecule has 0 fully saturated rings. The van der Waals surface area contributed by atoms with Crippen LogP contribution in [0.5, 0.6) is 0 Å². The highest BCUT2D eigenvalue weighted by Crippen LogP contribution is 2.11. The van der Waals surface area contributed by atoms with Crippen LogP contribution in [0.25, 0.3) is 0 Å². The van der Waals surface area contributed by atoms with Crippen molar-refractivity contribution in [2.24, 2.45) is 4.99 Å². The van der Waals surface area contributed by atoms with Gasteiger partial charge >= 0.3 is 0 Å². The number of aromatic amines is 1. The Hall–Kier alpha value is -1.28. The SMILES string of the molecule is CCNC(=NCc1cccc(Cl)c1)NCCCc1cn[nH]c1C.I. The highest BCUT2D eigenvalue weighted by Gasteiger charge is 2.01. The number of aliphatic imine (C=N–C) groups is 1. The van der Waals surface area contributed by atoms with Crippen LogP contribution in [0.1, 0.15) is 30.2 Å². The molecule has 0 saturated heterocycles. The van der Waals surface area contributed by atoms with Crippen LogP contribution in [0.2, 0.25) is 5.02 Å². The molecule has 0 aliphatic heterocycles. The van der Waals surface area contributed by atoms with E-state index in [-0.39, 0.29) is 24.0 Å². The molecule has 0 unspecified atom stereocenters. The van der Waals surface area contributed by atoms with Crippen LogP contribution in [0, 0.1) is 6.92 Å². The molecule has 7 heteroatoms. The summed E-state index contributed by atoms with van der Waals surface area (Å²) in [4.78, 5) is 4.59. The van der Waals surface area contributed by atoms with Gasteiger partial charge in [0.2, 0.25) is 0 Å². The topological polar surface area (TPSA) is 65.1 Å². The van der Waals surface area contributed by atoms with Gasteiger partial charge in [0.15, 0.2) is 5.96 Å². The molecule has 24 heavy (non-hydrogen) atoms. The van der Waals surface area contributed by atoms with Crippen molar-refractivity contribution in [1.29, 1.82) is 0 Å². The van der Waals surface area contributed by atoms with Gasteiger partial charge in [0.05, 0.1) is 12.7 Å². The zero-order valence-corrected chi connectivity index (χ0v) is 17.2. The van der Waals surface area contributed by atoms with E-state index in [4.69, 9.17) is 11.6 Å². The summed E-state index contributed by atoms with van der Waals surface area (Å²) in [5.41, 5.74) is 3.52. The molecule has 0 aliphatic carbocycles. The number of halogens is 2. The summed E-state index contributed by atoms with van der Waals surface area (Å²) in [7, 11) is 0. The fourth-order valence-corrected chi connectivity index (χ4v) is 2.47. The van der Waals surface area contributed by atoms with Crippen molar-refractivity contribution in [3.8, 4) is 0 Å². The molecule has 0 spiro atoms. The predicted octanol–water partition coefficient (Wildman–Crippen LogP) is 3.68. The van der Waals surface area contributed by atoms with Gasteiger partial charge in [0, 0.05) is 23.8 Å². The van der Waals surface area contributed by atoms with Crippen LogP contribution in [-0.2, 0) is 13.0 Å². The van der Waals surface area contributed by atoms with Crippen LogP contribution in [0.15, 0.2) is 35.5 Å². The van der Waals surface area contributed by atoms with E-state index in [1.807, 2.05) is 37.4 Å². The second kappa shape index (κ2) is 11.3. The van der Waals surface area contributed by atoms with Gasteiger partial charge in [0.25, 0.3) is 0 Å². The van der Waals surface area contributed by atoms with Gasteiger partial charge in [0.1, 0.15) is 0 Å². The molecule has 5 nitrogen and oxygen atoms in total. The first-order chi connectivity index (χ1) is 11.2. The van der Waals surface area contributed by atoms with Crippen LogP contribution in [0.4, 0.5) is 0 Å². The minimum atomic E-state index is 0. The molecule has 1 heterocycles. The second-order valence-corrected chi connectivity index (χ2v) is 5.81. The van der Waals surface area contributed by atoms with Crippen molar-refractivity contribution in [3.63, 3.8) is 0 Å². The molecule has 1 aromatic heterocycles. The number of aryl methyl sites for hydroxylation is 2. The maximum atomic E-state index is 6.00. The lowest BCUT2D eigenvalue weighted by molar-refractivity contribution is 0.742. The number of benzene rings is 1. The highest BCUT2D eigenvalue weighted by atomic mass is 127. The minimum Gasteiger partial charge on any atom is -0.357 e. The molecule has 2 rings (SSSR count). The Morgan fingerprint density at radius 2 is 2.17 bits per heavy atom. The molecule has 3 N–H and O–H groups in total. The van der Waals surface area contributed by atoms with Gasteiger partial charge in [-0.3, -0.25) is 5.10 Å². The molecule has 0 amide bonds. The van der Waals surface area contributed by atoms with E-state index in [9.17, 15) is 0 Å². The summed E-state index contributed by atoms with van der Waals surface area (Å²) in [6.45, 7) is 6.42. The van der Waals surface area contributed by atoms with Crippen LogP contribution in [-0.4, -0.2) is 29.2 Å². The summed E-state index contributed by atoms with van der Waals surface area (Å²) in [6, 6.07) is 7.79. The number of H-pyrrole nitrogens is 1. The van der Waals surface area contributed by atoms with Crippen molar-refractivity contribution in [3.05, 3.63) is 52.3 Å². The quantitative estimate of drug-likeness (QED) is 0.255. The van der Waals surface area contributed by atoms with Gasteiger partial charge in [-0.2, -0.15) is 5.10 Å². The van der Waals surface area contributed by atoms with Gasteiger partial charge in [-0.05, 0) is 49.9 Å². The minimum absolute atomic E-state index is 0. The maximum absolute atomic E-state index is 6.00. The van der Waals surface area contributed by atoms with E-state index in [0.717, 1.165) is 48.2 Å². The number of rotatable bonds is 7. The Kier molecular flexibility index (Phi) is 9.78. The molecule has 0 atom stereocenters. The number of guanidine groups is 1. The lowest BCUT2D eigenvalue weighted by Crippen LogP contribution is -2.37. The average molecular weight is 462 g/mol. The Morgan fingerprint density at radius 1 is 1.33 bits per heavy atom. The Morgan fingerprint density at radius 3 is 2.83 bits per heavy atom. The summed E-state index contributed by atoms with van der Waals surface area (Å²) in [5, 5.41) is 14.4. The van der Waals surface area contributed by atoms with Gasteiger partial charge in [-0.15, -0.1) is 24.0 Å². The zero-order valence-electron chi connectivity index (χ0n) is 14.1. The maximum Gasteiger partial charge on any atom is 0.191 e. The number of aromatic nitrogens is 2. The normalized spacial score (nSPS) is 11.0. The summed E-state index contributed by atoms with van der Waals surface area (Å²) >= 11 is 6.00. The van der Waals surface area contributed by atoms with E-state index in [2.05, 4.69) is 32.7 Å². The largest absolute Gasteiger partial charge is 0.357 e. The van der Waals surface area contributed by atoms with Gasteiger partial charge in [-0.25, -0.2) is 4.99 Å². The number of nitrogens with one attached hydrogen (secondary N) is 3. The Labute approximate surface area is 165 Å². The molecule has 0 radical (unpaired) electrons. The summed E-state index contributed by atoms with van der Waals surface area (Å²) in [5.74, 6) is 0.830. The van der Waals surface area contributed by atoms with Crippen molar-refractivity contribution in [1.82, 2.24) is 20.8 Å². The Bertz CT molecular complexity index is 641. The molecule has 2 aromatic rings. The second-order valence-electron chi connectivity index (χ2n) is 5.38. The molecule has 1 aromatic carbocycles. The number of nitrogens with zero attached hydrogens (tertiary/aromatic N) is 2. The van der Waals surface area contributed by atoms with Crippen molar-refractivity contribution in [2.45, 2.75) is 33.2 Å². The first kappa shape index (κ1) is 20.8. The standard InChI is InChI=1S/C17H24ClN5.HI/c1-3-19-17(21-11-14-6-4-8-16(18)10-14)20-9-5-7-15-12-22-23-13(15)2;/h4,6,8,10,12H,3,5,7,9,11H2,1-2H3,(H,22,23)(H2,19,20,21);1H. The lowest BCUT2D eigenvalue weighted by atomic mass is 10.1. The number of hydrogen-bond donors (Lipinski definition) is 3. The highest BCUT2D eigenvalue weighted by molar-refractivity contribution is 14.0. The molecule has 0 saturated carbocycles. The average Bonchev–Trinajstić information content (AvgIpc) is 2.94. The third-order valence-electron chi connectivity index (χ3n) is 3.50. The van der Waals surface area contributed by atoms with Crippen LogP contribution >= 0.6 is 35.6 Å². The molecular weight excluding hydrogens is 437 g/mol. The Balaban J connectivity index is 0.00000288. The molecular formula is C17H25ClIN5. The van der Waals surface area contributed by atoms with Crippen molar-refractivity contribution < 1.29 is 0 Å². The lowest BCUT2D eigenvalue weighted by Gasteiger charge is -2.11. The van der Waals surface area contributed by atoms with E-state index >= 15 is 0 Å². The monoisotopic (exact) mass is 461 g/mol. The summed E-state index contributed by atoms with van der Waals surface area (Å²) < 4.78 is 0. The third kappa shape index (κ3) is 7.09. The van der Waals surface area contributed by atoms with E-state index < -0.39 is 0 Å². The van der Waals surface area contributed by atoms with E-state index in [1.54, 1.807) is 0 Å². The fraction of sp³-hybridized carbons (Fsp3) is 0.412. The van der Waals surface area contributed by atoms with Gasteiger partial charge in [-0.1, -0.05) is 23.7 Å². The third-order valence-corrected chi connectivity index (χ3v) is 3.74. The van der Waals surface area contributed by atoms with Crippen LogP contribution in [0.3, 0.4) is 0 Å². The van der Waals surface area contributed by atoms with Crippen molar-refractivity contribution >= 4 is 41.5 Å². The van der Waals surface area contributed by atoms with E-state index in [0.29, 0.717) is 6.54 Å². The van der Waals surface area contributed by atoms with Gasteiger partial charge < -0.3 is 10.6 Å². The fourth-order valence-electron chi connectivity index (χ4n) is 2.26. The first-order valence-electron chi connectivity index (χ1n) is 7.94. The number of hydrogen-bond acceptors (Lipinski definition) is 2. The zero-order chi connectivity index (χ0) is 16.5. The van der Waals surface area contributed by atoms with Crippen molar-refractivity contribution in [2.75, 3.05) is 13.1 Å². The summed E-state index contributed by atoms with van der Waals surface area (Å²) in [6.07, 6.45) is 3.93. The molecule has 0 bridgehead atoms. The molecule has 0 aliphatic rings. The molecule has 132 valence electrons. The first-order valence-corrected chi connectivity index (χ1v) is 8.32. The van der Waals surface area contributed by atoms with Crippen LogP contribution < -0.4 is 10.6 Å². The van der Waals surface area contributed by atoms with E-state index in [1.165, 1.54) is 5.56 Å². The predicted molar refractivity (Wildman–Crippen MR) is 111 cm³/mol. The smallest absolute Gasteiger partial charge is 0.191 e.